The van der Waals surface area contributed by atoms with Crippen molar-refractivity contribution in [2.45, 2.75) is 50.4 Å². The quantitative estimate of drug-likeness (QED) is 0.761. The second kappa shape index (κ2) is 6.46. The van der Waals surface area contributed by atoms with E-state index in [1.807, 2.05) is 0 Å². The minimum atomic E-state index is 0.231. The second-order valence-electron chi connectivity index (χ2n) is 7.10. The molecule has 2 aliphatic rings. The van der Waals surface area contributed by atoms with Crippen LogP contribution in [0.1, 0.15) is 36.8 Å². The average Bonchev–Trinajstić information content (AvgIpc) is 3.35. The van der Waals surface area contributed by atoms with Gasteiger partial charge in [-0.15, -0.1) is 0 Å². The zero-order valence-electron chi connectivity index (χ0n) is 13.7. The lowest BCUT2D eigenvalue weighted by Crippen LogP contribution is -2.40. The van der Waals surface area contributed by atoms with E-state index in [1.54, 1.807) is 0 Å². The number of ether oxygens (including phenoxy) is 1. The van der Waals surface area contributed by atoms with Crippen LogP contribution in [0.15, 0.2) is 60.7 Å². The van der Waals surface area contributed by atoms with Crippen LogP contribution in [-0.2, 0) is 17.8 Å². The van der Waals surface area contributed by atoms with Crippen molar-refractivity contribution in [3.8, 4) is 0 Å². The van der Waals surface area contributed by atoms with Crippen molar-refractivity contribution in [3.63, 3.8) is 0 Å². The van der Waals surface area contributed by atoms with E-state index >= 15 is 0 Å². The molecule has 1 saturated carbocycles. The van der Waals surface area contributed by atoms with Crippen LogP contribution < -0.4 is 0 Å². The van der Waals surface area contributed by atoms with Crippen LogP contribution in [0.3, 0.4) is 0 Å². The highest BCUT2D eigenvalue weighted by molar-refractivity contribution is 5.17. The lowest BCUT2D eigenvalue weighted by atomic mass is 9.85. The Morgan fingerprint density at radius 1 is 0.913 bits per heavy atom. The molecule has 0 amide bonds. The van der Waals surface area contributed by atoms with Crippen molar-refractivity contribution in [3.05, 3.63) is 71.8 Å². The van der Waals surface area contributed by atoms with Gasteiger partial charge in [-0.3, -0.25) is 4.90 Å². The third kappa shape index (κ3) is 3.65. The van der Waals surface area contributed by atoms with Gasteiger partial charge in [-0.1, -0.05) is 60.7 Å². The number of hydrogen-bond donors (Lipinski definition) is 0. The summed E-state index contributed by atoms with van der Waals surface area (Å²) in [6.07, 6.45) is 5.05. The first kappa shape index (κ1) is 14.9. The molecule has 2 nitrogen and oxygen atoms in total. The molecule has 2 heteroatoms. The van der Waals surface area contributed by atoms with Crippen LogP contribution in [0.25, 0.3) is 0 Å². The van der Waals surface area contributed by atoms with Gasteiger partial charge in [0.05, 0.1) is 12.2 Å². The Balaban J connectivity index is 1.52. The summed E-state index contributed by atoms with van der Waals surface area (Å²) in [5.74, 6) is 0. The molecule has 120 valence electrons. The number of benzene rings is 2. The lowest BCUT2D eigenvalue weighted by Gasteiger charge is -2.37. The van der Waals surface area contributed by atoms with Gasteiger partial charge in [0.2, 0.25) is 0 Å². The zero-order chi connectivity index (χ0) is 15.5. The van der Waals surface area contributed by atoms with Gasteiger partial charge < -0.3 is 4.74 Å². The molecule has 2 aromatic carbocycles. The van der Waals surface area contributed by atoms with Gasteiger partial charge in [0.15, 0.2) is 0 Å². The average molecular weight is 307 g/mol. The smallest absolute Gasteiger partial charge is 0.0931 e. The fraction of sp³-hybridized carbons (Fsp3) is 0.429. The lowest BCUT2D eigenvalue weighted by molar-refractivity contribution is 0.0960. The van der Waals surface area contributed by atoms with E-state index in [-0.39, 0.29) is 5.60 Å². The Bertz CT molecular complexity index is 579. The molecular formula is C21H25NO. The maximum atomic E-state index is 5.79. The summed E-state index contributed by atoms with van der Waals surface area (Å²) in [7, 11) is 0. The van der Waals surface area contributed by atoms with Gasteiger partial charge >= 0.3 is 0 Å². The van der Waals surface area contributed by atoms with Crippen molar-refractivity contribution in [1.29, 1.82) is 0 Å². The molecule has 4 rings (SSSR count). The molecular weight excluding hydrogens is 282 g/mol. The van der Waals surface area contributed by atoms with E-state index in [0.717, 1.165) is 19.7 Å². The van der Waals surface area contributed by atoms with Crippen molar-refractivity contribution >= 4 is 0 Å². The maximum absolute atomic E-state index is 5.79. The highest BCUT2D eigenvalue weighted by atomic mass is 16.6. The minimum Gasteiger partial charge on any atom is -0.370 e. The van der Waals surface area contributed by atoms with Crippen LogP contribution >= 0.6 is 0 Å². The molecule has 0 unspecified atom stereocenters. The van der Waals surface area contributed by atoms with Gasteiger partial charge in [0.25, 0.3) is 0 Å². The summed E-state index contributed by atoms with van der Waals surface area (Å²) < 4.78 is 5.79. The molecule has 2 atom stereocenters. The van der Waals surface area contributed by atoms with Crippen LogP contribution in [0.4, 0.5) is 0 Å². The van der Waals surface area contributed by atoms with Gasteiger partial charge in [-0.25, -0.2) is 0 Å². The Morgan fingerprint density at radius 3 is 2.00 bits per heavy atom. The molecule has 2 aromatic rings. The Labute approximate surface area is 139 Å². The molecule has 1 spiro atoms. The van der Waals surface area contributed by atoms with Crippen molar-refractivity contribution < 1.29 is 4.74 Å². The van der Waals surface area contributed by atoms with Crippen LogP contribution in [0.2, 0.25) is 0 Å². The number of rotatable bonds is 5. The summed E-state index contributed by atoms with van der Waals surface area (Å²) in [6, 6.07) is 22.3. The molecule has 0 N–H and O–H groups in total. The van der Waals surface area contributed by atoms with Gasteiger partial charge in [0.1, 0.15) is 0 Å². The summed E-state index contributed by atoms with van der Waals surface area (Å²) in [4.78, 5) is 2.66. The molecule has 1 aliphatic heterocycles. The molecule has 23 heavy (non-hydrogen) atoms. The zero-order valence-corrected chi connectivity index (χ0v) is 13.7. The van der Waals surface area contributed by atoms with E-state index in [9.17, 15) is 0 Å². The summed E-state index contributed by atoms with van der Waals surface area (Å²) in [6.45, 7) is 3.03. The molecule has 1 aliphatic carbocycles. The Hall–Kier alpha value is -1.64. The predicted molar refractivity (Wildman–Crippen MR) is 93.1 cm³/mol. The predicted octanol–water partition coefficient (Wildman–Crippen LogP) is 4.40. The second-order valence-corrected chi connectivity index (χ2v) is 7.10. The largest absolute Gasteiger partial charge is 0.370 e. The third-order valence-corrected chi connectivity index (χ3v) is 5.30. The monoisotopic (exact) mass is 307 g/mol. The van der Waals surface area contributed by atoms with Crippen LogP contribution in [0, 0.1) is 0 Å². The van der Waals surface area contributed by atoms with Crippen LogP contribution in [-0.4, -0.2) is 23.1 Å². The highest BCUT2D eigenvalue weighted by Crippen LogP contribution is 2.43. The van der Waals surface area contributed by atoms with Crippen molar-refractivity contribution in [1.82, 2.24) is 4.90 Å². The molecule has 1 saturated heterocycles. The first-order valence-electron chi connectivity index (χ1n) is 8.79. The first-order chi connectivity index (χ1) is 11.3. The number of hydrogen-bond acceptors (Lipinski definition) is 2. The SMILES string of the molecule is c1ccc(CN(Cc2ccccc2)[C@@H]2CCC[C@@]3(CO3)C2)cc1. The fourth-order valence-electron chi connectivity index (χ4n) is 3.92. The first-order valence-corrected chi connectivity index (χ1v) is 8.79. The third-order valence-electron chi connectivity index (χ3n) is 5.30. The van der Waals surface area contributed by atoms with E-state index in [4.69, 9.17) is 4.74 Å². The molecule has 1 heterocycles. The van der Waals surface area contributed by atoms with E-state index < -0.39 is 0 Å². The van der Waals surface area contributed by atoms with E-state index in [1.165, 1.54) is 36.8 Å². The normalized spacial score (nSPS) is 26.6. The van der Waals surface area contributed by atoms with Gasteiger partial charge in [-0.05, 0) is 36.8 Å². The molecule has 0 radical (unpaired) electrons. The van der Waals surface area contributed by atoms with Crippen molar-refractivity contribution in [2.24, 2.45) is 0 Å². The molecule has 2 fully saturated rings. The molecule has 0 aromatic heterocycles. The van der Waals surface area contributed by atoms with Crippen LogP contribution in [0.5, 0.6) is 0 Å². The maximum Gasteiger partial charge on any atom is 0.0931 e. The summed E-state index contributed by atoms with van der Waals surface area (Å²) in [5.41, 5.74) is 3.04. The Kier molecular flexibility index (Phi) is 4.19. The fourth-order valence-corrected chi connectivity index (χ4v) is 3.92. The number of epoxide rings is 1. The summed E-state index contributed by atoms with van der Waals surface area (Å²) in [5, 5.41) is 0. The van der Waals surface area contributed by atoms with Crippen molar-refractivity contribution in [2.75, 3.05) is 6.61 Å². The van der Waals surface area contributed by atoms with Gasteiger partial charge in [0, 0.05) is 19.1 Å². The summed E-state index contributed by atoms with van der Waals surface area (Å²) >= 11 is 0. The standard InChI is InChI=1S/C21H25NO/c1-3-8-18(9-4-1)15-22(16-19-10-5-2-6-11-19)20-12-7-13-21(14-20)17-23-21/h1-6,8-11,20H,7,12-17H2/t20-,21+/m1/s1. The van der Waals surface area contributed by atoms with E-state index in [0.29, 0.717) is 6.04 Å². The minimum absolute atomic E-state index is 0.231. The van der Waals surface area contributed by atoms with Gasteiger partial charge in [-0.2, -0.15) is 0 Å². The topological polar surface area (TPSA) is 15.8 Å². The number of nitrogens with zero attached hydrogens (tertiary/aromatic N) is 1. The Morgan fingerprint density at radius 2 is 1.48 bits per heavy atom. The van der Waals surface area contributed by atoms with E-state index in [2.05, 4.69) is 65.6 Å². The molecule has 0 bridgehead atoms. The highest BCUT2D eigenvalue weighted by Gasteiger charge is 2.48.